The molecule has 15 heavy (non-hydrogen) atoms. The van der Waals surface area contributed by atoms with Gasteiger partial charge < -0.3 is 5.32 Å². The van der Waals surface area contributed by atoms with E-state index in [0.717, 1.165) is 6.54 Å². The number of aromatic nitrogens is 1. The van der Waals surface area contributed by atoms with Crippen molar-refractivity contribution in [3.8, 4) is 0 Å². The van der Waals surface area contributed by atoms with E-state index in [1.54, 1.807) is 11.3 Å². The normalized spacial score (nSPS) is 15.2. The molecule has 1 rings (SSSR count). The van der Waals surface area contributed by atoms with E-state index in [2.05, 4.69) is 38.0 Å². The second-order valence-electron chi connectivity index (χ2n) is 4.10. The zero-order valence-electron chi connectivity index (χ0n) is 10.2. The lowest BCUT2D eigenvalue weighted by Crippen LogP contribution is -2.26. The fraction of sp³-hybridized carbons (Fsp3) is 0.750. The van der Waals surface area contributed by atoms with Gasteiger partial charge in [0.2, 0.25) is 0 Å². The second kappa shape index (κ2) is 6.23. The lowest BCUT2D eigenvalue weighted by molar-refractivity contribution is 0.372. The molecule has 3 heteroatoms. The Morgan fingerprint density at radius 1 is 1.47 bits per heavy atom. The van der Waals surface area contributed by atoms with Gasteiger partial charge >= 0.3 is 0 Å². The molecular formula is C12H22N2S. The van der Waals surface area contributed by atoms with Crippen LogP contribution in [0.5, 0.6) is 0 Å². The Morgan fingerprint density at radius 3 is 2.67 bits per heavy atom. The largest absolute Gasteiger partial charge is 0.309 e. The Bertz CT molecular complexity index is 283. The molecule has 0 amide bonds. The summed E-state index contributed by atoms with van der Waals surface area (Å²) in [6.07, 6.45) is 2.52. The number of aryl methyl sites for hydroxylation is 1. The number of nitrogens with one attached hydrogen (secondary N) is 1. The highest BCUT2D eigenvalue weighted by molar-refractivity contribution is 7.09. The summed E-state index contributed by atoms with van der Waals surface area (Å²) in [5.41, 5.74) is 3.14. The van der Waals surface area contributed by atoms with Crippen LogP contribution in [0.2, 0.25) is 0 Å². The summed E-state index contributed by atoms with van der Waals surface area (Å²) in [6.45, 7) is 9.88. The average Bonchev–Trinajstić information content (AvgIpc) is 2.61. The van der Waals surface area contributed by atoms with Gasteiger partial charge in [-0.15, -0.1) is 11.3 Å². The lowest BCUT2D eigenvalue weighted by atomic mass is 9.95. The van der Waals surface area contributed by atoms with Crippen LogP contribution in [0, 0.1) is 12.8 Å². The minimum Gasteiger partial charge on any atom is -0.309 e. The topological polar surface area (TPSA) is 24.9 Å². The van der Waals surface area contributed by atoms with Crippen molar-refractivity contribution in [2.45, 2.75) is 46.6 Å². The predicted molar refractivity (Wildman–Crippen MR) is 67.3 cm³/mol. The van der Waals surface area contributed by atoms with Crippen molar-refractivity contribution >= 4 is 11.3 Å². The van der Waals surface area contributed by atoms with Gasteiger partial charge in [0.05, 0.1) is 11.2 Å². The minimum absolute atomic E-state index is 0.488. The van der Waals surface area contributed by atoms with Crippen molar-refractivity contribution in [2.75, 3.05) is 6.54 Å². The van der Waals surface area contributed by atoms with Crippen LogP contribution in [0.25, 0.3) is 0 Å². The van der Waals surface area contributed by atoms with E-state index in [0.29, 0.717) is 12.0 Å². The van der Waals surface area contributed by atoms with Gasteiger partial charge in [-0.1, -0.05) is 27.2 Å². The summed E-state index contributed by atoms with van der Waals surface area (Å²) in [7, 11) is 0. The molecule has 0 saturated carbocycles. The first-order valence-corrected chi connectivity index (χ1v) is 6.72. The highest BCUT2D eigenvalue weighted by Gasteiger charge is 2.20. The zero-order chi connectivity index (χ0) is 11.3. The number of hydrogen-bond donors (Lipinski definition) is 1. The molecule has 0 aliphatic heterocycles. The maximum Gasteiger partial charge on any atom is 0.0798 e. The third kappa shape index (κ3) is 3.28. The molecule has 0 bridgehead atoms. The second-order valence-corrected chi connectivity index (χ2v) is 4.99. The summed E-state index contributed by atoms with van der Waals surface area (Å²) in [5, 5.41) is 3.58. The van der Waals surface area contributed by atoms with Crippen molar-refractivity contribution in [1.29, 1.82) is 0 Å². The third-order valence-electron chi connectivity index (χ3n) is 2.80. The lowest BCUT2D eigenvalue weighted by Gasteiger charge is -2.23. The molecule has 0 fully saturated rings. The molecule has 86 valence electrons. The van der Waals surface area contributed by atoms with E-state index < -0.39 is 0 Å². The summed E-state index contributed by atoms with van der Waals surface area (Å²) in [5.74, 6) is 0.689. The van der Waals surface area contributed by atoms with Crippen LogP contribution in [-0.2, 0) is 0 Å². The SMILES string of the molecule is CCCC(C)C(NCC)c1scnc1C. The van der Waals surface area contributed by atoms with Crippen LogP contribution < -0.4 is 5.32 Å². The first-order valence-electron chi connectivity index (χ1n) is 5.84. The van der Waals surface area contributed by atoms with Gasteiger partial charge in [-0.3, -0.25) is 0 Å². The van der Waals surface area contributed by atoms with Crippen LogP contribution in [0.15, 0.2) is 5.51 Å². The van der Waals surface area contributed by atoms with Gasteiger partial charge in [-0.2, -0.15) is 0 Å². The Balaban J connectivity index is 2.77. The smallest absolute Gasteiger partial charge is 0.0798 e. The summed E-state index contributed by atoms with van der Waals surface area (Å²) < 4.78 is 0. The monoisotopic (exact) mass is 226 g/mol. The van der Waals surface area contributed by atoms with Crippen LogP contribution >= 0.6 is 11.3 Å². The predicted octanol–water partition coefficient (Wildman–Crippen LogP) is 3.54. The quantitative estimate of drug-likeness (QED) is 0.802. The first-order chi connectivity index (χ1) is 7.20. The maximum atomic E-state index is 4.34. The summed E-state index contributed by atoms with van der Waals surface area (Å²) in [6, 6.07) is 0.488. The van der Waals surface area contributed by atoms with Crippen molar-refractivity contribution in [3.63, 3.8) is 0 Å². The van der Waals surface area contributed by atoms with E-state index in [1.165, 1.54) is 23.4 Å². The molecule has 0 spiro atoms. The molecular weight excluding hydrogens is 204 g/mol. The maximum absolute atomic E-state index is 4.34. The molecule has 0 aromatic carbocycles. The summed E-state index contributed by atoms with van der Waals surface area (Å²) in [4.78, 5) is 5.76. The Labute approximate surface area is 97.1 Å². The van der Waals surface area contributed by atoms with Crippen LogP contribution in [0.3, 0.4) is 0 Å². The van der Waals surface area contributed by atoms with Gasteiger partial charge in [0.1, 0.15) is 0 Å². The average molecular weight is 226 g/mol. The van der Waals surface area contributed by atoms with Crippen molar-refractivity contribution in [1.82, 2.24) is 10.3 Å². The van der Waals surface area contributed by atoms with Crippen molar-refractivity contribution in [2.24, 2.45) is 5.92 Å². The molecule has 2 atom stereocenters. The highest BCUT2D eigenvalue weighted by Crippen LogP contribution is 2.30. The molecule has 0 saturated heterocycles. The van der Waals surface area contributed by atoms with E-state index in [9.17, 15) is 0 Å². The standard InChI is InChI=1S/C12H22N2S/c1-5-7-9(3)11(13-6-2)12-10(4)14-8-15-12/h8-9,11,13H,5-7H2,1-4H3. The van der Waals surface area contributed by atoms with E-state index in [4.69, 9.17) is 0 Å². The fourth-order valence-corrected chi connectivity index (χ4v) is 3.01. The Morgan fingerprint density at radius 2 is 2.20 bits per heavy atom. The molecule has 1 heterocycles. The van der Waals surface area contributed by atoms with Gasteiger partial charge in [-0.25, -0.2) is 4.98 Å². The van der Waals surface area contributed by atoms with Gasteiger partial charge in [0.25, 0.3) is 0 Å². The molecule has 0 aliphatic rings. The zero-order valence-corrected chi connectivity index (χ0v) is 11.0. The van der Waals surface area contributed by atoms with Crippen LogP contribution in [0.4, 0.5) is 0 Å². The molecule has 2 unspecified atom stereocenters. The molecule has 0 aliphatic carbocycles. The van der Waals surface area contributed by atoms with E-state index >= 15 is 0 Å². The summed E-state index contributed by atoms with van der Waals surface area (Å²) >= 11 is 1.78. The van der Waals surface area contributed by atoms with Crippen molar-refractivity contribution in [3.05, 3.63) is 16.1 Å². The first kappa shape index (κ1) is 12.7. The van der Waals surface area contributed by atoms with Crippen LogP contribution in [-0.4, -0.2) is 11.5 Å². The number of rotatable bonds is 6. The third-order valence-corrected chi connectivity index (χ3v) is 3.82. The van der Waals surface area contributed by atoms with E-state index in [1.807, 2.05) is 5.51 Å². The molecule has 1 aromatic rings. The minimum atomic E-state index is 0.488. The Hall–Kier alpha value is -0.410. The fourth-order valence-electron chi connectivity index (χ4n) is 2.00. The number of hydrogen-bond acceptors (Lipinski definition) is 3. The molecule has 1 N–H and O–H groups in total. The van der Waals surface area contributed by atoms with Gasteiger partial charge in [0, 0.05) is 10.9 Å². The molecule has 2 nitrogen and oxygen atoms in total. The van der Waals surface area contributed by atoms with Gasteiger partial charge in [0.15, 0.2) is 0 Å². The van der Waals surface area contributed by atoms with Gasteiger partial charge in [-0.05, 0) is 25.8 Å². The molecule has 0 radical (unpaired) electrons. The number of thiazole rings is 1. The van der Waals surface area contributed by atoms with Crippen LogP contribution in [0.1, 0.15) is 50.2 Å². The van der Waals surface area contributed by atoms with E-state index in [-0.39, 0.29) is 0 Å². The molecule has 1 aromatic heterocycles. The Kier molecular flexibility index (Phi) is 5.26. The number of nitrogens with zero attached hydrogens (tertiary/aromatic N) is 1. The van der Waals surface area contributed by atoms with Crippen molar-refractivity contribution < 1.29 is 0 Å². The highest BCUT2D eigenvalue weighted by atomic mass is 32.1.